The van der Waals surface area contributed by atoms with Crippen molar-refractivity contribution in [3.05, 3.63) is 52.1 Å². The molecular formula is C13H9Cl2NOS. The fraction of sp³-hybridized carbons (Fsp3) is 0.0769. The first-order valence-corrected chi connectivity index (χ1v) is 6.74. The maximum atomic E-state index is 11.2. The number of hydrogen-bond donors (Lipinski definition) is 0. The summed E-state index contributed by atoms with van der Waals surface area (Å²) in [5.74, 6) is -0.00989. The number of carbonyl (C=O) groups is 1. The van der Waals surface area contributed by atoms with E-state index in [0.717, 1.165) is 4.90 Å². The van der Waals surface area contributed by atoms with Gasteiger partial charge in [0.1, 0.15) is 5.03 Å². The molecule has 0 atom stereocenters. The quantitative estimate of drug-likeness (QED) is 0.766. The molecule has 18 heavy (non-hydrogen) atoms. The van der Waals surface area contributed by atoms with Gasteiger partial charge in [-0.05, 0) is 31.2 Å². The molecule has 0 fully saturated rings. The first-order chi connectivity index (χ1) is 8.58. The molecule has 1 heterocycles. The van der Waals surface area contributed by atoms with Crippen molar-refractivity contribution in [2.45, 2.75) is 16.8 Å². The zero-order chi connectivity index (χ0) is 13.1. The van der Waals surface area contributed by atoms with Gasteiger partial charge in [0, 0.05) is 16.7 Å². The zero-order valence-electron chi connectivity index (χ0n) is 9.48. The molecule has 0 bridgehead atoms. The normalized spacial score (nSPS) is 10.4. The summed E-state index contributed by atoms with van der Waals surface area (Å²) in [6.07, 6.45) is 1.67. The number of benzene rings is 1. The molecule has 0 saturated heterocycles. The SMILES string of the molecule is CC(=O)c1ccc(Sc2ncccc2Cl)c(Cl)c1. The molecular weight excluding hydrogens is 289 g/mol. The van der Waals surface area contributed by atoms with Gasteiger partial charge in [-0.1, -0.05) is 41.0 Å². The second kappa shape index (κ2) is 5.74. The van der Waals surface area contributed by atoms with Crippen molar-refractivity contribution < 1.29 is 4.79 Å². The molecule has 0 aliphatic heterocycles. The summed E-state index contributed by atoms with van der Waals surface area (Å²) in [5.41, 5.74) is 0.594. The molecule has 0 saturated carbocycles. The lowest BCUT2D eigenvalue weighted by Crippen LogP contribution is -1.91. The summed E-state index contributed by atoms with van der Waals surface area (Å²) in [6, 6.07) is 8.74. The van der Waals surface area contributed by atoms with E-state index in [1.54, 1.807) is 36.5 Å². The Labute approximate surface area is 119 Å². The lowest BCUT2D eigenvalue weighted by molar-refractivity contribution is 0.101. The Morgan fingerprint density at radius 3 is 2.61 bits per heavy atom. The topological polar surface area (TPSA) is 30.0 Å². The fourth-order valence-corrected chi connectivity index (χ4v) is 2.67. The van der Waals surface area contributed by atoms with Crippen LogP contribution in [0.4, 0.5) is 0 Å². The van der Waals surface area contributed by atoms with Gasteiger partial charge in [-0.25, -0.2) is 4.98 Å². The molecule has 0 radical (unpaired) electrons. The van der Waals surface area contributed by atoms with E-state index < -0.39 is 0 Å². The van der Waals surface area contributed by atoms with E-state index in [1.807, 2.05) is 0 Å². The molecule has 1 aromatic carbocycles. The van der Waals surface area contributed by atoms with Gasteiger partial charge in [0.25, 0.3) is 0 Å². The number of rotatable bonds is 3. The highest BCUT2D eigenvalue weighted by molar-refractivity contribution is 7.99. The Bertz CT molecular complexity index is 601. The zero-order valence-corrected chi connectivity index (χ0v) is 11.8. The van der Waals surface area contributed by atoms with Gasteiger partial charge in [-0.2, -0.15) is 0 Å². The second-order valence-corrected chi connectivity index (χ2v) is 5.44. The molecule has 0 unspecified atom stereocenters. The molecule has 0 aliphatic rings. The van der Waals surface area contributed by atoms with Crippen LogP contribution in [-0.4, -0.2) is 10.8 Å². The van der Waals surface area contributed by atoms with Gasteiger partial charge in [0.05, 0.1) is 10.0 Å². The van der Waals surface area contributed by atoms with E-state index in [1.165, 1.54) is 18.7 Å². The minimum Gasteiger partial charge on any atom is -0.295 e. The highest BCUT2D eigenvalue weighted by Gasteiger charge is 2.09. The van der Waals surface area contributed by atoms with Crippen molar-refractivity contribution in [3.8, 4) is 0 Å². The highest BCUT2D eigenvalue weighted by Crippen LogP contribution is 2.35. The van der Waals surface area contributed by atoms with Crippen molar-refractivity contribution in [2.24, 2.45) is 0 Å². The minimum absolute atomic E-state index is 0.00989. The number of hydrogen-bond acceptors (Lipinski definition) is 3. The van der Waals surface area contributed by atoms with Gasteiger partial charge in [0.2, 0.25) is 0 Å². The van der Waals surface area contributed by atoms with Crippen LogP contribution in [0.1, 0.15) is 17.3 Å². The number of carbonyl (C=O) groups excluding carboxylic acids is 1. The molecule has 92 valence electrons. The predicted molar refractivity (Wildman–Crippen MR) is 74.8 cm³/mol. The minimum atomic E-state index is -0.00989. The van der Waals surface area contributed by atoms with Crippen LogP contribution in [0, 0.1) is 0 Å². The molecule has 1 aromatic heterocycles. The number of nitrogens with zero attached hydrogens (tertiary/aromatic N) is 1. The molecule has 2 rings (SSSR count). The Kier molecular flexibility index (Phi) is 4.27. The van der Waals surface area contributed by atoms with E-state index >= 15 is 0 Å². The highest BCUT2D eigenvalue weighted by atomic mass is 35.5. The standard InChI is InChI=1S/C13H9Cl2NOS/c1-8(17)9-4-5-12(11(15)7-9)18-13-10(14)3-2-6-16-13/h2-7H,1H3. The summed E-state index contributed by atoms with van der Waals surface area (Å²) in [4.78, 5) is 16.2. The fourth-order valence-electron chi connectivity index (χ4n) is 1.35. The third kappa shape index (κ3) is 3.05. The Morgan fingerprint density at radius 1 is 1.22 bits per heavy atom. The van der Waals surface area contributed by atoms with Crippen molar-refractivity contribution in [2.75, 3.05) is 0 Å². The number of pyridine rings is 1. The number of Topliss-reactive ketones (excluding diaryl/α,β-unsaturated/α-hetero) is 1. The predicted octanol–water partition coefficient (Wildman–Crippen LogP) is 4.74. The van der Waals surface area contributed by atoms with Gasteiger partial charge < -0.3 is 0 Å². The van der Waals surface area contributed by atoms with E-state index in [0.29, 0.717) is 20.6 Å². The van der Waals surface area contributed by atoms with Crippen molar-refractivity contribution in [1.29, 1.82) is 0 Å². The van der Waals surface area contributed by atoms with E-state index in [2.05, 4.69) is 4.98 Å². The number of halogens is 2. The smallest absolute Gasteiger partial charge is 0.159 e. The third-order valence-corrected chi connectivity index (χ3v) is 4.21. The second-order valence-electron chi connectivity index (χ2n) is 3.59. The lowest BCUT2D eigenvalue weighted by Gasteiger charge is -2.06. The van der Waals surface area contributed by atoms with Crippen LogP contribution in [-0.2, 0) is 0 Å². The summed E-state index contributed by atoms with van der Waals surface area (Å²) in [6.45, 7) is 1.51. The number of ketones is 1. The summed E-state index contributed by atoms with van der Waals surface area (Å²) >= 11 is 13.5. The van der Waals surface area contributed by atoms with Crippen molar-refractivity contribution in [3.63, 3.8) is 0 Å². The van der Waals surface area contributed by atoms with Gasteiger partial charge >= 0.3 is 0 Å². The van der Waals surface area contributed by atoms with Gasteiger partial charge in [-0.3, -0.25) is 4.79 Å². The van der Waals surface area contributed by atoms with Gasteiger partial charge in [0.15, 0.2) is 5.78 Å². The van der Waals surface area contributed by atoms with E-state index in [9.17, 15) is 4.79 Å². The first kappa shape index (κ1) is 13.4. The molecule has 2 nitrogen and oxygen atoms in total. The molecule has 0 spiro atoms. The summed E-state index contributed by atoms with van der Waals surface area (Å²) in [5, 5.41) is 1.79. The Hall–Kier alpha value is -1.03. The van der Waals surface area contributed by atoms with E-state index in [-0.39, 0.29) is 5.78 Å². The third-order valence-electron chi connectivity index (χ3n) is 2.27. The van der Waals surface area contributed by atoms with Crippen LogP contribution >= 0.6 is 35.0 Å². The largest absolute Gasteiger partial charge is 0.295 e. The van der Waals surface area contributed by atoms with Crippen LogP contribution in [0.25, 0.3) is 0 Å². The van der Waals surface area contributed by atoms with Crippen LogP contribution in [0.2, 0.25) is 10.0 Å². The van der Waals surface area contributed by atoms with Crippen LogP contribution in [0.5, 0.6) is 0 Å². The Morgan fingerprint density at radius 2 is 2.00 bits per heavy atom. The van der Waals surface area contributed by atoms with Crippen LogP contribution < -0.4 is 0 Å². The lowest BCUT2D eigenvalue weighted by atomic mass is 10.1. The molecule has 2 aromatic rings. The summed E-state index contributed by atoms with van der Waals surface area (Å²) in [7, 11) is 0. The Balaban J connectivity index is 2.30. The molecule has 0 N–H and O–H groups in total. The maximum Gasteiger partial charge on any atom is 0.159 e. The van der Waals surface area contributed by atoms with E-state index in [4.69, 9.17) is 23.2 Å². The van der Waals surface area contributed by atoms with Crippen LogP contribution in [0.15, 0.2) is 46.5 Å². The molecule has 0 aliphatic carbocycles. The summed E-state index contributed by atoms with van der Waals surface area (Å²) < 4.78 is 0. The molecule has 0 amide bonds. The van der Waals surface area contributed by atoms with Crippen molar-refractivity contribution in [1.82, 2.24) is 4.98 Å². The van der Waals surface area contributed by atoms with Gasteiger partial charge in [-0.15, -0.1) is 0 Å². The maximum absolute atomic E-state index is 11.2. The van der Waals surface area contributed by atoms with Crippen molar-refractivity contribution >= 4 is 40.7 Å². The first-order valence-electron chi connectivity index (χ1n) is 5.17. The average Bonchev–Trinajstić information content (AvgIpc) is 2.34. The molecule has 5 heteroatoms. The number of aromatic nitrogens is 1. The monoisotopic (exact) mass is 297 g/mol. The van der Waals surface area contributed by atoms with Crippen LogP contribution in [0.3, 0.4) is 0 Å². The average molecular weight is 298 g/mol.